The molecule has 0 unspecified atom stereocenters. The molecule has 21 heavy (non-hydrogen) atoms. The van der Waals surface area contributed by atoms with E-state index in [9.17, 15) is 9.59 Å². The van der Waals surface area contributed by atoms with Crippen molar-refractivity contribution in [2.75, 3.05) is 5.73 Å². The van der Waals surface area contributed by atoms with E-state index in [-0.39, 0.29) is 0 Å². The highest BCUT2D eigenvalue weighted by atomic mass is 16.5. The zero-order chi connectivity index (χ0) is 15.0. The molecule has 1 aromatic heterocycles. The van der Waals surface area contributed by atoms with Crippen LogP contribution in [0.4, 0.5) is 5.69 Å². The number of amides is 1. The van der Waals surface area contributed by atoms with Crippen LogP contribution in [-0.4, -0.2) is 10.9 Å². The molecule has 0 aliphatic heterocycles. The lowest BCUT2D eigenvalue weighted by molar-refractivity contribution is 0.1000. The van der Waals surface area contributed by atoms with Crippen LogP contribution in [0.15, 0.2) is 45.6 Å². The molecule has 7 heteroatoms. The van der Waals surface area contributed by atoms with Gasteiger partial charge in [0.05, 0.1) is 11.2 Å². The van der Waals surface area contributed by atoms with Crippen LogP contribution < -0.4 is 22.0 Å². The van der Waals surface area contributed by atoms with Crippen LogP contribution in [0.2, 0.25) is 0 Å². The second-order valence-electron chi connectivity index (χ2n) is 4.39. The van der Waals surface area contributed by atoms with E-state index in [0.29, 0.717) is 33.8 Å². The van der Waals surface area contributed by atoms with Gasteiger partial charge in [-0.2, -0.15) is 0 Å². The summed E-state index contributed by atoms with van der Waals surface area (Å²) in [4.78, 5) is 24.8. The van der Waals surface area contributed by atoms with Gasteiger partial charge in [-0.1, -0.05) is 6.07 Å². The number of nitrogen functional groups attached to an aromatic ring is 1. The van der Waals surface area contributed by atoms with Crippen molar-refractivity contribution in [3.63, 3.8) is 0 Å². The van der Waals surface area contributed by atoms with E-state index < -0.39 is 11.7 Å². The highest BCUT2D eigenvalue weighted by molar-refractivity contribution is 5.93. The van der Waals surface area contributed by atoms with E-state index in [0.717, 1.165) is 0 Å². The third-order valence-corrected chi connectivity index (χ3v) is 2.90. The van der Waals surface area contributed by atoms with E-state index in [4.69, 9.17) is 20.6 Å². The molecular formula is C14H11N3O4. The van der Waals surface area contributed by atoms with Gasteiger partial charge in [0.15, 0.2) is 11.3 Å². The van der Waals surface area contributed by atoms with Crippen LogP contribution in [0.25, 0.3) is 11.1 Å². The number of oxazole rings is 1. The van der Waals surface area contributed by atoms with Gasteiger partial charge in [-0.25, -0.2) is 4.79 Å². The average molecular weight is 285 g/mol. The lowest BCUT2D eigenvalue weighted by atomic mass is 10.2. The highest BCUT2D eigenvalue weighted by Crippen LogP contribution is 2.31. The van der Waals surface area contributed by atoms with Gasteiger partial charge in [-0.15, -0.1) is 0 Å². The second kappa shape index (κ2) is 4.71. The van der Waals surface area contributed by atoms with E-state index >= 15 is 0 Å². The number of carbonyl (C=O) groups is 1. The Kier molecular flexibility index (Phi) is 2.87. The number of aromatic nitrogens is 1. The van der Waals surface area contributed by atoms with Crippen LogP contribution in [0.3, 0.4) is 0 Å². The van der Waals surface area contributed by atoms with Crippen molar-refractivity contribution in [2.24, 2.45) is 5.73 Å². The fourth-order valence-electron chi connectivity index (χ4n) is 1.92. The smallest absolute Gasteiger partial charge is 0.417 e. The van der Waals surface area contributed by atoms with Gasteiger partial charge >= 0.3 is 5.76 Å². The van der Waals surface area contributed by atoms with Crippen molar-refractivity contribution in [3.8, 4) is 11.5 Å². The Labute approximate surface area is 118 Å². The minimum Gasteiger partial charge on any atom is -0.455 e. The summed E-state index contributed by atoms with van der Waals surface area (Å²) in [6.45, 7) is 0. The molecule has 0 fully saturated rings. The number of nitrogens with two attached hydrogens (primary N) is 2. The first-order chi connectivity index (χ1) is 10.0. The number of ether oxygens (including phenoxy) is 1. The maximum atomic E-state index is 11.1. The summed E-state index contributed by atoms with van der Waals surface area (Å²) >= 11 is 0. The number of fused-ring (bicyclic) bond motifs is 1. The van der Waals surface area contributed by atoms with E-state index in [1.807, 2.05) is 0 Å². The van der Waals surface area contributed by atoms with Gasteiger partial charge in [0.1, 0.15) is 5.75 Å². The summed E-state index contributed by atoms with van der Waals surface area (Å²) in [6, 6.07) is 9.42. The molecule has 0 saturated carbocycles. The predicted octanol–water partition coefficient (Wildman–Crippen LogP) is 1.59. The number of hydrogen-bond acceptors (Lipinski definition) is 5. The molecule has 106 valence electrons. The molecule has 3 rings (SSSR count). The molecule has 0 aliphatic rings. The van der Waals surface area contributed by atoms with Crippen LogP contribution in [-0.2, 0) is 0 Å². The molecule has 3 aromatic rings. The number of hydrogen-bond donors (Lipinski definition) is 3. The summed E-state index contributed by atoms with van der Waals surface area (Å²) in [5.74, 6) is -0.385. The van der Waals surface area contributed by atoms with Crippen molar-refractivity contribution in [1.82, 2.24) is 4.98 Å². The number of nitrogens with one attached hydrogen (secondary N) is 1. The lowest BCUT2D eigenvalue weighted by Gasteiger charge is -2.09. The largest absolute Gasteiger partial charge is 0.455 e. The van der Waals surface area contributed by atoms with E-state index in [1.54, 1.807) is 24.3 Å². The minimum absolute atomic E-state index is 0.301. The average Bonchev–Trinajstić information content (AvgIpc) is 2.78. The molecule has 1 heterocycles. The zero-order valence-electron chi connectivity index (χ0n) is 10.8. The van der Waals surface area contributed by atoms with Crippen LogP contribution in [0.1, 0.15) is 10.4 Å². The van der Waals surface area contributed by atoms with Crippen molar-refractivity contribution < 1.29 is 13.9 Å². The summed E-state index contributed by atoms with van der Waals surface area (Å²) in [5.41, 5.74) is 12.5. The molecule has 0 spiro atoms. The maximum Gasteiger partial charge on any atom is 0.417 e. The standard InChI is InChI=1S/C14H11N3O4/c15-9-5-12-10(17-14(19)21-12)6-11(9)20-8-3-1-2-7(4-8)13(16)18/h1-6H,15H2,(H2,16,18)(H,17,19). The molecule has 0 bridgehead atoms. The zero-order valence-corrected chi connectivity index (χ0v) is 10.8. The molecule has 1 amide bonds. The summed E-state index contributed by atoms with van der Waals surface area (Å²) < 4.78 is 10.5. The van der Waals surface area contributed by atoms with Gasteiger partial charge in [-0.05, 0) is 18.2 Å². The quantitative estimate of drug-likeness (QED) is 0.630. The third kappa shape index (κ3) is 2.44. The van der Waals surface area contributed by atoms with Crippen LogP contribution >= 0.6 is 0 Å². The van der Waals surface area contributed by atoms with Gasteiger partial charge < -0.3 is 20.6 Å². The molecule has 5 N–H and O–H groups in total. The molecule has 0 aliphatic carbocycles. The van der Waals surface area contributed by atoms with Crippen molar-refractivity contribution in [2.45, 2.75) is 0 Å². The molecular weight excluding hydrogens is 274 g/mol. The summed E-state index contributed by atoms with van der Waals surface area (Å²) in [5, 5.41) is 0. The van der Waals surface area contributed by atoms with Crippen LogP contribution in [0.5, 0.6) is 11.5 Å². The predicted molar refractivity (Wildman–Crippen MR) is 76.3 cm³/mol. The van der Waals surface area contributed by atoms with Gasteiger partial charge in [-0.3, -0.25) is 9.78 Å². The van der Waals surface area contributed by atoms with E-state index in [1.165, 1.54) is 12.1 Å². The Hall–Kier alpha value is -3.22. The number of primary amides is 1. The van der Waals surface area contributed by atoms with Crippen molar-refractivity contribution in [1.29, 1.82) is 0 Å². The molecule has 2 aromatic carbocycles. The number of aromatic amines is 1. The Bertz CT molecular complexity index is 895. The fraction of sp³-hybridized carbons (Fsp3) is 0. The SMILES string of the molecule is NC(=O)c1cccc(Oc2cc3[nH]c(=O)oc3cc2N)c1. The van der Waals surface area contributed by atoms with Crippen LogP contribution in [0, 0.1) is 0 Å². The number of carbonyl (C=O) groups excluding carboxylic acids is 1. The lowest BCUT2D eigenvalue weighted by Crippen LogP contribution is -2.10. The Morgan fingerprint density at radius 2 is 2.05 bits per heavy atom. The van der Waals surface area contributed by atoms with Crippen molar-refractivity contribution in [3.05, 3.63) is 52.5 Å². The number of anilines is 1. The monoisotopic (exact) mass is 285 g/mol. The van der Waals surface area contributed by atoms with Gasteiger partial charge in [0.2, 0.25) is 5.91 Å². The molecule has 0 saturated heterocycles. The van der Waals surface area contributed by atoms with E-state index in [2.05, 4.69) is 4.98 Å². The Morgan fingerprint density at radius 1 is 1.24 bits per heavy atom. The topological polar surface area (TPSA) is 124 Å². The summed E-state index contributed by atoms with van der Waals surface area (Å²) in [6.07, 6.45) is 0. The van der Waals surface area contributed by atoms with Gasteiger partial charge in [0.25, 0.3) is 0 Å². The first-order valence-electron chi connectivity index (χ1n) is 6.03. The first-order valence-corrected chi connectivity index (χ1v) is 6.03. The number of H-pyrrole nitrogens is 1. The Morgan fingerprint density at radius 3 is 2.81 bits per heavy atom. The first kappa shape index (κ1) is 12.8. The fourth-order valence-corrected chi connectivity index (χ4v) is 1.92. The number of rotatable bonds is 3. The van der Waals surface area contributed by atoms with Crippen molar-refractivity contribution >= 4 is 22.7 Å². The maximum absolute atomic E-state index is 11.1. The number of benzene rings is 2. The molecule has 0 radical (unpaired) electrons. The molecule has 7 nitrogen and oxygen atoms in total. The normalized spacial score (nSPS) is 10.7. The van der Waals surface area contributed by atoms with Gasteiger partial charge in [0, 0.05) is 17.7 Å². The second-order valence-corrected chi connectivity index (χ2v) is 4.39. The Balaban J connectivity index is 2.01. The third-order valence-electron chi connectivity index (χ3n) is 2.90. The molecule has 0 atom stereocenters. The minimum atomic E-state index is -0.572. The highest BCUT2D eigenvalue weighted by Gasteiger charge is 2.09. The summed E-state index contributed by atoms with van der Waals surface area (Å²) in [7, 11) is 0.